The van der Waals surface area contributed by atoms with E-state index in [0.717, 1.165) is 0 Å². The lowest BCUT2D eigenvalue weighted by atomic mass is 9.93. The standard InChI is InChI=1S/C16H14ClN3O3/c1-9(21)19-5-4-15(22)12(7-18)16(23)13-8-20-14-6-10(17)2-3-11(13)14/h2-3,6,8,12,20H,4-5H2,1H3,(H,19,21)/t12-/m0/s1. The first-order valence-electron chi connectivity index (χ1n) is 6.91. The number of aromatic amines is 1. The van der Waals surface area contributed by atoms with Crippen LogP contribution in [0.25, 0.3) is 10.9 Å². The van der Waals surface area contributed by atoms with Crippen molar-refractivity contribution in [2.45, 2.75) is 13.3 Å². The monoisotopic (exact) mass is 331 g/mol. The van der Waals surface area contributed by atoms with Crippen molar-refractivity contribution in [1.29, 1.82) is 5.26 Å². The topological polar surface area (TPSA) is 103 Å². The van der Waals surface area contributed by atoms with Crippen molar-refractivity contribution in [3.63, 3.8) is 0 Å². The Morgan fingerprint density at radius 1 is 1.39 bits per heavy atom. The summed E-state index contributed by atoms with van der Waals surface area (Å²) in [6.45, 7) is 1.43. The van der Waals surface area contributed by atoms with Crippen LogP contribution in [0.5, 0.6) is 0 Å². The number of carbonyl (C=O) groups is 3. The summed E-state index contributed by atoms with van der Waals surface area (Å²) in [5, 5.41) is 12.8. The lowest BCUT2D eigenvalue weighted by Crippen LogP contribution is -2.28. The van der Waals surface area contributed by atoms with Crippen LogP contribution < -0.4 is 5.32 Å². The molecule has 0 spiro atoms. The van der Waals surface area contributed by atoms with Crippen LogP contribution in [-0.4, -0.2) is 29.0 Å². The summed E-state index contributed by atoms with van der Waals surface area (Å²) < 4.78 is 0. The number of rotatable bonds is 6. The fourth-order valence-corrected chi connectivity index (χ4v) is 2.41. The molecule has 118 valence electrons. The number of nitrogens with zero attached hydrogens (tertiary/aromatic N) is 1. The Bertz CT molecular complexity index is 820. The Morgan fingerprint density at radius 2 is 2.13 bits per heavy atom. The summed E-state index contributed by atoms with van der Waals surface area (Å²) in [6, 6.07) is 6.71. The maximum Gasteiger partial charge on any atom is 0.216 e. The average molecular weight is 332 g/mol. The van der Waals surface area contributed by atoms with E-state index in [-0.39, 0.29) is 24.4 Å². The van der Waals surface area contributed by atoms with Gasteiger partial charge in [0.1, 0.15) is 0 Å². The lowest BCUT2D eigenvalue weighted by molar-refractivity contribution is -0.120. The maximum absolute atomic E-state index is 12.5. The van der Waals surface area contributed by atoms with E-state index >= 15 is 0 Å². The molecule has 2 N–H and O–H groups in total. The van der Waals surface area contributed by atoms with E-state index in [1.165, 1.54) is 13.1 Å². The zero-order valence-electron chi connectivity index (χ0n) is 12.4. The SMILES string of the molecule is CC(=O)NCCC(=O)[C@H](C#N)C(=O)c1c[nH]c2cc(Cl)ccc12. The quantitative estimate of drug-likeness (QED) is 0.625. The molecule has 2 rings (SSSR count). The van der Waals surface area contributed by atoms with Gasteiger partial charge in [-0.3, -0.25) is 14.4 Å². The Kier molecular flexibility index (Phi) is 5.14. The molecule has 0 aliphatic rings. The van der Waals surface area contributed by atoms with Gasteiger partial charge in [0.2, 0.25) is 5.91 Å². The number of Topliss-reactive ketones (excluding diaryl/α,β-unsaturated/α-hetero) is 2. The number of carbonyl (C=O) groups excluding carboxylic acids is 3. The molecular formula is C16H14ClN3O3. The molecule has 1 amide bonds. The smallest absolute Gasteiger partial charge is 0.216 e. The summed E-state index contributed by atoms with van der Waals surface area (Å²) in [4.78, 5) is 38.2. The molecule has 0 radical (unpaired) electrons. The van der Waals surface area contributed by atoms with E-state index in [9.17, 15) is 19.6 Å². The first kappa shape index (κ1) is 16.7. The summed E-state index contributed by atoms with van der Waals surface area (Å²) in [6.07, 6.45) is 1.40. The minimum Gasteiger partial charge on any atom is -0.360 e. The van der Waals surface area contributed by atoms with Gasteiger partial charge in [-0.2, -0.15) is 5.26 Å². The number of aromatic nitrogens is 1. The minimum atomic E-state index is -1.39. The molecule has 1 aromatic heterocycles. The average Bonchev–Trinajstić information content (AvgIpc) is 2.90. The molecule has 23 heavy (non-hydrogen) atoms. The van der Waals surface area contributed by atoms with Crippen LogP contribution in [0.15, 0.2) is 24.4 Å². The highest BCUT2D eigenvalue weighted by atomic mass is 35.5. The second-order valence-electron chi connectivity index (χ2n) is 5.02. The van der Waals surface area contributed by atoms with E-state index in [4.69, 9.17) is 11.6 Å². The van der Waals surface area contributed by atoms with E-state index < -0.39 is 17.5 Å². The molecule has 7 heteroatoms. The van der Waals surface area contributed by atoms with E-state index in [0.29, 0.717) is 15.9 Å². The number of hydrogen-bond acceptors (Lipinski definition) is 4. The van der Waals surface area contributed by atoms with Gasteiger partial charge in [-0.25, -0.2) is 0 Å². The van der Waals surface area contributed by atoms with Crippen molar-refractivity contribution >= 4 is 40.0 Å². The molecule has 0 bridgehead atoms. The number of halogens is 1. The molecular weight excluding hydrogens is 318 g/mol. The molecule has 0 saturated carbocycles. The van der Waals surface area contributed by atoms with E-state index in [2.05, 4.69) is 10.3 Å². The van der Waals surface area contributed by atoms with Crippen LogP contribution in [0.2, 0.25) is 5.02 Å². The molecule has 0 fully saturated rings. The van der Waals surface area contributed by atoms with E-state index in [1.54, 1.807) is 24.3 Å². The number of hydrogen-bond donors (Lipinski definition) is 2. The number of H-pyrrole nitrogens is 1. The predicted octanol–water partition coefficient (Wildman–Crippen LogP) is 2.24. The second-order valence-corrected chi connectivity index (χ2v) is 5.45. The number of nitriles is 1. The molecule has 0 aliphatic carbocycles. The fraction of sp³-hybridized carbons (Fsp3) is 0.250. The van der Waals surface area contributed by atoms with Crippen LogP contribution in [-0.2, 0) is 9.59 Å². The van der Waals surface area contributed by atoms with Gasteiger partial charge in [0.05, 0.1) is 6.07 Å². The van der Waals surface area contributed by atoms with Crippen molar-refractivity contribution in [3.05, 3.63) is 35.0 Å². The number of fused-ring (bicyclic) bond motifs is 1. The predicted molar refractivity (Wildman–Crippen MR) is 85.0 cm³/mol. The van der Waals surface area contributed by atoms with Crippen LogP contribution >= 0.6 is 11.6 Å². The summed E-state index contributed by atoms with van der Waals surface area (Å²) >= 11 is 5.88. The normalized spacial score (nSPS) is 11.7. The Balaban J connectivity index is 2.20. The number of benzene rings is 1. The van der Waals surface area contributed by atoms with Crippen LogP contribution in [0, 0.1) is 17.2 Å². The highest BCUT2D eigenvalue weighted by Crippen LogP contribution is 2.24. The first-order chi connectivity index (χ1) is 10.9. The Morgan fingerprint density at radius 3 is 2.78 bits per heavy atom. The van der Waals surface area contributed by atoms with Crippen molar-refractivity contribution in [2.24, 2.45) is 5.92 Å². The molecule has 0 saturated heterocycles. The molecule has 1 aromatic carbocycles. The van der Waals surface area contributed by atoms with Crippen molar-refractivity contribution < 1.29 is 14.4 Å². The third kappa shape index (κ3) is 3.76. The zero-order valence-corrected chi connectivity index (χ0v) is 13.1. The van der Waals surface area contributed by atoms with Crippen LogP contribution in [0.4, 0.5) is 0 Å². The third-order valence-corrected chi connectivity index (χ3v) is 3.60. The van der Waals surface area contributed by atoms with Crippen molar-refractivity contribution in [3.8, 4) is 6.07 Å². The maximum atomic E-state index is 12.5. The van der Waals surface area contributed by atoms with Gasteiger partial charge in [-0.1, -0.05) is 17.7 Å². The largest absolute Gasteiger partial charge is 0.360 e. The zero-order chi connectivity index (χ0) is 17.0. The molecule has 0 aliphatic heterocycles. The first-order valence-corrected chi connectivity index (χ1v) is 7.29. The van der Waals surface area contributed by atoms with Gasteiger partial charge in [0.15, 0.2) is 17.5 Å². The highest BCUT2D eigenvalue weighted by molar-refractivity contribution is 6.31. The number of nitrogens with one attached hydrogen (secondary N) is 2. The van der Waals surface area contributed by atoms with Gasteiger partial charge < -0.3 is 10.3 Å². The van der Waals surface area contributed by atoms with Gasteiger partial charge >= 0.3 is 0 Å². The number of amides is 1. The summed E-state index contributed by atoms with van der Waals surface area (Å²) in [7, 11) is 0. The van der Waals surface area contributed by atoms with Gasteiger partial charge in [0, 0.05) is 47.6 Å². The van der Waals surface area contributed by atoms with Gasteiger partial charge in [-0.15, -0.1) is 0 Å². The lowest BCUT2D eigenvalue weighted by Gasteiger charge is -2.07. The number of ketones is 2. The van der Waals surface area contributed by atoms with Crippen LogP contribution in [0.1, 0.15) is 23.7 Å². The summed E-state index contributed by atoms with van der Waals surface area (Å²) in [5.74, 6) is -2.74. The van der Waals surface area contributed by atoms with Gasteiger partial charge in [-0.05, 0) is 12.1 Å². The summed E-state index contributed by atoms with van der Waals surface area (Å²) in [5.41, 5.74) is 0.930. The highest BCUT2D eigenvalue weighted by Gasteiger charge is 2.28. The third-order valence-electron chi connectivity index (χ3n) is 3.37. The van der Waals surface area contributed by atoms with E-state index in [1.807, 2.05) is 0 Å². The Hall–Kier alpha value is -2.65. The molecule has 2 aromatic rings. The Labute approximate surface area is 137 Å². The van der Waals surface area contributed by atoms with Crippen LogP contribution in [0.3, 0.4) is 0 Å². The molecule has 6 nitrogen and oxygen atoms in total. The van der Waals surface area contributed by atoms with Gasteiger partial charge in [0.25, 0.3) is 0 Å². The second kappa shape index (κ2) is 7.07. The molecule has 1 atom stereocenters. The molecule has 0 unspecified atom stereocenters. The fourth-order valence-electron chi connectivity index (χ4n) is 2.24. The molecule has 1 heterocycles. The van der Waals surface area contributed by atoms with Crippen molar-refractivity contribution in [1.82, 2.24) is 10.3 Å². The van der Waals surface area contributed by atoms with Crippen molar-refractivity contribution in [2.75, 3.05) is 6.54 Å². The minimum absolute atomic E-state index is 0.0717.